The van der Waals surface area contributed by atoms with Crippen LogP contribution in [0.3, 0.4) is 0 Å². The summed E-state index contributed by atoms with van der Waals surface area (Å²) in [5, 5.41) is 0.158. The van der Waals surface area contributed by atoms with Crippen LogP contribution in [0.4, 0.5) is 20.3 Å². The van der Waals surface area contributed by atoms with Gasteiger partial charge in [-0.25, -0.2) is 17.8 Å². The highest BCUT2D eigenvalue weighted by Crippen LogP contribution is 2.49. The van der Waals surface area contributed by atoms with Crippen molar-refractivity contribution in [1.29, 1.82) is 0 Å². The molecule has 2 fully saturated rings. The number of anilines is 2. The minimum Gasteiger partial charge on any atom is -0.370 e. The van der Waals surface area contributed by atoms with Crippen LogP contribution in [0.25, 0.3) is 0 Å². The molecule has 0 unspecified atom stereocenters. The maximum atomic E-state index is 14.9. The van der Waals surface area contributed by atoms with Crippen LogP contribution in [0.1, 0.15) is 25.7 Å². The van der Waals surface area contributed by atoms with E-state index in [2.05, 4.69) is 28.7 Å². The number of rotatable bonds is 5. The van der Waals surface area contributed by atoms with Gasteiger partial charge in [-0.1, -0.05) is 24.1 Å². The lowest BCUT2D eigenvalue weighted by Gasteiger charge is -2.36. The third-order valence-electron chi connectivity index (χ3n) is 6.45. The third-order valence-corrected chi connectivity index (χ3v) is 8.13. The van der Waals surface area contributed by atoms with Gasteiger partial charge >= 0.3 is 0 Å². The summed E-state index contributed by atoms with van der Waals surface area (Å²) < 4.78 is 55.6. The Balaban J connectivity index is 1.59. The maximum Gasteiger partial charge on any atom is 0.266 e. The smallest absolute Gasteiger partial charge is 0.266 e. The largest absolute Gasteiger partial charge is 0.370 e. The zero-order valence-electron chi connectivity index (χ0n) is 17.4. The molecule has 168 valence electrons. The van der Waals surface area contributed by atoms with E-state index < -0.39 is 26.7 Å². The van der Waals surface area contributed by atoms with Gasteiger partial charge in [0.25, 0.3) is 10.0 Å². The molecule has 31 heavy (non-hydrogen) atoms. The van der Waals surface area contributed by atoms with Gasteiger partial charge in [-0.3, -0.25) is 4.72 Å². The predicted molar refractivity (Wildman–Crippen MR) is 117 cm³/mol. The van der Waals surface area contributed by atoms with Crippen LogP contribution < -0.4 is 9.62 Å². The van der Waals surface area contributed by atoms with Crippen LogP contribution >= 0.6 is 11.6 Å². The van der Waals surface area contributed by atoms with Crippen molar-refractivity contribution in [2.75, 3.05) is 36.8 Å². The molecular weight excluding hydrogens is 446 g/mol. The monoisotopic (exact) mass is 470 g/mol. The van der Waals surface area contributed by atoms with Gasteiger partial charge in [0.2, 0.25) is 5.95 Å². The zero-order valence-corrected chi connectivity index (χ0v) is 19.0. The number of benzene rings is 1. The molecule has 1 aromatic heterocycles. The highest BCUT2D eigenvalue weighted by Gasteiger charge is 2.48. The molecule has 1 aromatic carbocycles. The lowest BCUT2D eigenvalue weighted by molar-refractivity contribution is 0.153. The second kappa shape index (κ2) is 8.18. The van der Waals surface area contributed by atoms with Gasteiger partial charge in [-0.05, 0) is 51.6 Å². The normalized spacial score (nSPS) is 23.8. The third kappa shape index (κ3) is 4.23. The Morgan fingerprint density at radius 1 is 1.26 bits per heavy atom. The molecule has 1 aliphatic carbocycles. The summed E-state index contributed by atoms with van der Waals surface area (Å²) in [7, 11) is -0.149. The molecule has 1 aliphatic heterocycles. The Hall–Kier alpha value is -1.97. The minimum atomic E-state index is -4.33. The molecule has 0 bridgehead atoms. The molecule has 0 amide bonds. The first-order chi connectivity index (χ1) is 14.6. The molecular formula is C21H25ClF2N4O2S. The lowest BCUT2D eigenvalue weighted by Crippen LogP contribution is -2.42. The Morgan fingerprint density at radius 3 is 2.74 bits per heavy atom. The van der Waals surface area contributed by atoms with Crippen molar-refractivity contribution in [2.45, 2.75) is 36.6 Å². The van der Waals surface area contributed by atoms with Crippen molar-refractivity contribution in [1.82, 2.24) is 9.88 Å². The first-order valence-electron chi connectivity index (χ1n) is 10.2. The average molecular weight is 471 g/mol. The summed E-state index contributed by atoms with van der Waals surface area (Å²) in [6, 6.07) is 6.41. The van der Waals surface area contributed by atoms with E-state index in [4.69, 9.17) is 11.6 Å². The molecule has 2 atom stereocenters. The second-order valence-electron chi connectivity index (χ2n) is 8.59. The van der Waals surface area contributed by atoms with Crippen molar-refractivity contribution in [3.63, 3.8) is 0 Å². The number of nitrogens with zero attached hydrogens (tertiary/aromatic N) is 3. The number of aromatic nitrogens is 1. The minimum absolute atomic E-state index is 0.138. The van der Waals surface area contributed by atoms with Gasteiger partial charge in [0.1, 0.15) is 16.5 Å². The van der Waals surface area contributed by atoms with Crippen molar-refractivity contribution >= 4 is 33.1 Å². The first-order valence-corrected chi connectivity index (χ1v) is 12.0. The van der Waals surface area contributed by atoms with Crippen molar-refractivity contribution in [3.05, 3.63) is 47.1 Å². The highest BCUT2D eigenvalue weighted by molar-refractivity contribution is 7.92. The summed E-state index contributed by atoms with van der Waals surface area (Å²) in [5.41, 5.74) is 0.627. The number of sulfonamides is 1. The van der Waals surface area contributed by atoms with Crippen molar-refractivity contribution < 1.29 is 17.2 Å². The van der Waals surface area contributed by atoms with Crippen LogP contribution in [0, 0.1) is 17.2 Å². The molecule has 10 heteroatoms. The summed E-state index contributed by atoms with van der Waals surface area (Å²) in [4.78, 5) is 7.16. The van der Waals surface area contributed by atoms with Gasteiger partial charge < -0.3 is 9.80 Å². The van der Waals surface area contributed by atoms with Crippen LogP contribution in [-0.2, 0) is 10.0 Å². The Labute approximate surface area is 186 Å². The number of pyridine rings is 1. The second-order valence-corrected chi connectivity index (χ2v) is 10.6. The summed E-state index contributed by atoms with van der Waals surface area (Å²) >= 11 is 6.42. The van der Waals surface area contributed by atoms with Gasteiger partial charge in [0.15, 0.2) is 0 Å². The Bertz CT molecular complexity index is 1100. The number of nitrogens with one attached hydrogen (secondary N) is 1. The van der Waals surface area contributed by atoms with E-state index in [1.54, 1.807) is 0 Å². The summed E-state index contributed by atoms with van der Waals surface area (Å²) in [6.45, 7) is 1.49. The first kappa shape index (κ1) is 22.2. The molecule has 2 heterocycles. The van der Waals surface area contributed by atoms with E-state index >= 15 is 0 Å². The van der Waals surface area contributed by atoms with E-state index in [9.17, 15) is 17.2 Å². The van der Waals surface area contributed by atoms with E-state index in [0.717, 1.165) is 50.9 Å². The number of hydrogen-bond donors (Lipinski definition) is 1. The predicted octanol–water partition coefficient (Wildman–Crippen LogP) is 4.12. The molecule has 6 nitrogen and oxygen atoms in total. The lowest BCUT2D eigenvalue weighted by atomic mass is 9.81. The average Bonchev–Trinajstić information content (AvgIpc) is 3.30. The molecule has 1 N–H and O–H groups in total. The van der Waals surface area contributed by atoms with Gasteiger partial charge in [0, 0.05) is 30.6 Å². The van der Waals surface area contributed by atoms with Crippen molar-refractivity contribution in [2.24, 2.45) is 5.41 Å². The fourth-order valence-electron chi connectivity index (χ4n) is 5.13. The number of hydrogen-bond acceptors (Lipinski definition) is 5. The standard InChI is InChI=1S/C21H25ClF2N4O2S/c1-27(2)18-5-4-8-21(18)9-10-28(13-21)16-12-15(23)17(11-14(16)22)31(29,30)26-20-7-3-6-19(24)25-20/h3,6-7,11-12,18H,4-5,8-10,13H2,1-2H3,(H,25,26)/t18-,21+/m1/s1. The Kier molecular flexibility index (Phi) is 5.87. The van der Waals surface area contributed by atoms with Crippen LogP contribution in [0.2, 0.25) is 5.02 Å². The molecule has 0 radical (unpaired) electrons. The van der Waals surface area contributed by atoms with Gasteiger partial charge in [-0.2, -0.15) is 4.39 Å². The van der Waals surface area contributed by atoms with Crippen molar-refractivity contribution in [3.8, 4) is 0 Å². The van der Waals surface area contributed by atoms with Gasteiger partial charge in [-0.15, -0.1) is 0 Å². The molecule has 2 aliphatic rings. The van der Waals surface area contributed by atoms with E-state index in [0.29, 0.717) is 11.7 Å². The van der Waals surface area contributed by atoms with E-state index in [1.807, 2.05) is 4.90 Å². The summed E-state index contributed by atoms with van der Waals surface area (Å²) in [5.74, 6) is -2.00. The quantitative estimate of drug-likeness (QED) is 0.666. The van der Waals surface area contributed by atoms with Gasteiger partial charge in [0.05, 0.1) is 10.7 Å². The SMILES string of the molecule is CN(C)[C@@H]1CCC[C@@]12CCN(c1cc(F)c(S(=O)(=O)Nc3cccc(F)n3)cc1Cl)C2. The van der Waals surface area contributed by atoms with Crippen LogP contribution in [-0.4, -0.2) is 51.5 Å². The molecule has 1 saturated carbocycles. The maximum absolute atomic E-state index is 14.9. The molecule has 1 spiro atoms. The summed E-state index contributed by atoms with van der Waals surface area (Å²) in [6.07, 6.45) is 4.40. The molecule has 1 saturated heterocycles. The molecule has 4 rings (SSSR count). The van der Waals surface area contributed by atoms with Crippen LogP contribution in [0.5, 0.6) is 0 Å². The van der Waals surface area contributed by atoms with Crippen LogP contribution in [0.15, 0.2) is 35.2 Å². The Morgan fingerprint density at radius 2 is 2.03 bits per heavy atom. The highest BCUT2D eigenvalue weighted by atomic mass is 35.5. The van der Waals surface area contributed by atoms with E-state index in [1.165, 1.54) is 18.2 Å². The fraction of sp³-hybridized carbons (Fsp3) is 0.476. The number of halogens is 3. The zero-order chi connectivity index (χ0) is 22.4. The van der Waals surface area contributed by atoms with E-state index in [-0.39, 0.29) is 16.3 Å². The fourth-order valence-corrected chi connectivity index (χ4v) is 6.56. The topological polar surface area (TPSA) is 65.5 Å². The molecule has 2 aromatic rings.